The average Bonchev–Trinajstić information content (AvgIpc) is 2.75. The summed E-state index contributed by atoms with van der Waals surface area (Å²) in [4.78, 5) is 12.7. The maximum absolute atomic E-state index is 12.7. The second kappa shape index (κ2) is 10.8. The number of para-hydroxylation sites is 2. The van der Waals surface area contributed by atoms with E-state index in [4.69, 9.17) is 44.9 Å². The molecule has 0 spiro atoms. The Balaban J connectivity index is 1.56. The van der Waals surface area contributed by atoms with E-state index in [1.807, 2.05) is 30.3 Å². The normalized spacial score (nSPS) is 10.2. The van der Waals surface area contributed by atoms with Crippen molar-refractivity contribution in [1.82, 2.24) is 5.32 Å². The first-order valence-electron chi connectivity index (χ1n) is 9.00. The number of amides is 1. The molecule has 0 saturated heterocycles. The molecule has 30 heavy (non-hydrogen) atoms. The molecule has 0 saturated carbocycles. The van der Waals surface area contributed by atoms with Gasteiger partial charge in [0.15, 0.2) is 5.11 Å². The van der Waals surface area contributed by atoms with Crippen LogP contribution < -0.4 is 20.1 Å². The molecule has 8 heteroatoms. The van der Waals surface area contributed by atoms with Gasteiger partial charge in [-0.15, -0.1) is 0 Å². The van der Waals surface area contributed by atoms with Crippen molar-refractivity contribution >= 4 is 52.1 Å². The topological polar surface area (TPSA) is 59.6 Å². The van der Waals surface area contributed by atoms with Gasteiger partial charge in [0.05, 0.1) is 16.3 Å². The molecule has 2 N–H and O–H groups in total. The van der Waals surface area contributed by atoms with E-state index in [0.29, 0.717) is 33.7 Å². The quantitative estimate of drug-likeness (QED) is 0.356. The summed E-state index contributed by atoms with van der Waals surface area (Å²) < 4.78 is 11.3. The number of nitrogens with one attached hydrogen (secondary N) is 2. The Hall–Kier alpha value is -2.80. The fraction of sp³-hybridized carbons (Fsp3) is 0.0909. The number of anilines is 1. The Labute approximate surface area is 189 Å². The van der Waals surface area contributed by atoms with Crippen LogP contribution in [0, 0.1) is 0 Å². The number of benzene rings is 3. The third-order valence-electron chi connectivity index (χ3n) is 3.89. The Kier molecular flexibility index (Phi) is 7.90. The van der Waals surface area contributed by atoms with Gasteiger partial charge in [0.1, 0.15) is 24.7 Å². The Morgan fingerprint density at radius 2 is 1.60 bits per heavy atom. The van der Waals surface area contributed by atoms with E-state index in [1.54, 1.807) is 42.5 Å². The van der Waals surface area contributed by atoms with Crippen LogP contribution in [0.1, 0.15) is 10.4 Å². The van der Waals surface area contributed by atoms with Crippen molar-refractivity contribution in [2.24, 2.45) is 0 Å². The number of rotatable bonds is 7. The summed E-state index contributed by atoms with van der Waals surface area (Å²) in [5, 5.41) is 6.49. The molecular formula is C22H18Cl2N2O3S. The zero-order valence-corrected chi connectivity index (χ0v) is 18.1. The van der Waals surface area contributed by atoms with Gasteiger partial charge in [-0.05, 0) is 54.7 Å². The third kappa shape index (κ3) is 6.35. The van der Waals surface area contributed by atoms with E-state index < -0.39 is 5.91 Å². The van der Waals surface area contributed by atoms with E-state index in [9.17, 15) is 4.79 Å². The summed E-state index contributed by atoms with van der Waals surface area (Å²) >= 11 is 17.3. The van der Waals surface area contributed by atoms with Gasteiger partial charge in [-0.3, -0.25) is 10.1 Å². The standard InChI is InChI=1S/C22H18Cl2N2O3S/c23-15-10-11-18(24)19(14-15)25-22(30)26-21(27)17-8-4-5-9-20(17)29-13-12-28-16-6-2-1-3-7-16/h1-11,14H,12-13H2,(H2,25,26,27,30). The van der Waals surface area contributed by atoms with Crippen molar-refractivity contribution in [3.63, 3.8) is 0 Å². The van der Waals surface area contributed by atoms with Crippen LogP contribution in [0.4, 0.5) is 5.69 Å². The molecule has 3 aromatic rings. The van der Waals surface area contributed by atoms with Crippen molar-refractivity contribution in [2.45, 2.75) is 0 Å². The van der Waals surface area contributed by atoms with E-state index in [2.05, 4.69) is 10.6 Å². The van der Waals surface area contributed by atoms with Crippen molar-refractivity contribution in [3.8, 4) is 11.5 Å². The van der Waals surface area contributed by atoms with Gasteiger partial charge in [0.2, 0.25) is 0 Å². The van der Waals surface area contributed by atoms with Crippen LogP contribution in [-0.4, -0.2) is 24.2 Å². The zero-order valence-electron chi connectivity index (χ0n) is 15.7. The lowest BCUT2D eigenvalue weighted by Gasteiger charge is -2.14. The SMILES string of the molecule is O=C(NC(=S)Nc1cc(Cl)ccc1Cl)c1ccccc1OCCOc1ccccc1. The number of carbonyl (C=O) groups is 1. The van der Waals surface area contributed by atoms with Gasteiger partial charge < -0.3 is 14.8 Å². The molecule has 5 nitrogen and oxygen atoms in total. The monoisotopic (exact) mass is 460 g/mol. The molecule has 3 rings (SSSR count). The lowest BCUT2D eigenvalue weighted by atomic mass is 10.2. The van der Waals surface area contributed by atoms with Crippen molar-refractivity contribution in [2.75, 3.05) is 18.5 Å². The smallest absolute Gasteiger partial charge is 0.261 e. The van der Waals surface area contributed by atoms with Crippen LogP contribution in [-0.2, 0) is 0 Å². The van der Waals surface area contributed by atoms with E-state index in [1.165, 1.54) is 0 Å². The highest BCUT2D eigenvalue weighted by atomic mass is 35.5. The summed E-state index contributed by atoms with van der Waals surface area (Å²) in [7, 11) is 0. The fourth-order valence-electron chi connectivity index (χ4n) is 2.53. The highest BCUT2D eigenvalue weighted by molar-refractivity contribution is 7.80. The van der Waals surface area contributed by atoms with Gasteiger partial charge in [-0.1, -0.05) is 53.5 Å². The number of hydrogen-bond acceptors (Lipinski definition) is 4. The first kappa shape index (κ1) is 21.9. The van der Waals surface area contributed by atoms with Crippen LogP contribution in [0.15, 0.2) is 72.8 Å². The molecule has 0 unspecified atom stereocenters. The lowest BCUT2D eigenvalue weighted by molar-refractivity contribution is 0.0972. The lowest BCUT2D eigenvalue weighted by Crippen LogP contribution is -2.34. The van der Waals surface area contributed by atoms with Gasteiger partial charge in [0, 0.05) is 5.02 Å². The molecule has 0 radical (unpaired) electrons. The first-order chi connectivity index (χ1) is 14.5. The molecule has 0 fully saturated rings. The number of thiocarbonyl (C=S) groups is 1. The maximum Gasteiger partial charge on any atom is 0.261 e. The van der Waals surface area contributed by atoms with Crippen LogP contribution in [0.25, 0.3) is 0 Å². The van der Waals surface area contributed by atoms with E-state index >= 15 is 0 Å². The highest BCUT2D eigenvalue weighted by Gasteiger charge is 2.14. The van der Waals surface area contributed by atoms with Crippen LogP contribution in [0.5, 0.6) is 11.5 Å². The first-order valence-corrected chi connectivity index (χ1v) is 10.2. The predicted molar refractivity (Wildman–Crippen MR) is 124 cm³/mol. The van der Waals surface area contributed by atoms with Crippen LogP contribution >= 0.6 is 35.4 Å². The Morgan fingerprint density at radius 3 is 2.40 bits per heavy atom. The Morgan fingerprint density at radius 1 is 0.900 bits per heavy atom. The van der Waals surface area contributed by atoms with Gasteiger partial charge in [-0.2, -0.15) is 0 Å². The minimum absolute atomic E-state index is 0.0892. The minimum atomic E-state index is -0.412. The maximum atomic E-state index is 12.7. The number of carbonyl (C=O) groups excluding carboxylic acids is 1. The highest BCUT2D eigenvalue weighted by Crippen LogP contribution is 2.25. The second-order valence-electron chi connectivity index (χ2n) is 6.04. The summed E-state index contributed by atoms with van der Waals surface area (Å²) in [6, 6.07) is 21.2. The molecule has 0 aliphatic carbocycles. The van der Waals surface area contributed by atoms with Crippen LogP contribution in [0.2, 0.25) is 10.0 Å². The fourth-order valence-corrected chi connectivity index (χ4v) is 3.06. The minimum Gasteiger partial charge on any atom is -0.490 e. The molecular weight excluding hydrogens is 443 g/mol. The number of halogens is 2. The van der Waals surface area contributed by atoms with Gasteiger partial charge in [0.25, 0.3) is 5.91 Å². The van der Waals surface area contributed by atoms with Gasteiger partial charge >= 0.3 is 0 Å². The molecule has 1 amide bonds. The average molecular weight is 461 g/mol. The number of hydrogen-bond donors (Lipinski definition) is 2. The molecule has 0 atom stereocenters. The second-order valence-corrected chi connectivity index (χ2v) is 7.29. The van der Waals surface area contributed by atoms with Crippen molar-refractivity contribution in [1.29, 1.82) is 0 Å². The molecule has 0 bridgehead atoms. The van der Waals surface area contributed by atoms with E-state index in [0.717, 1.165) is 5.75 Å². The van der Waals surface area contributed by atoms with Crippen molar-refractivity contribution < 1.29 is 14.3 Å². The molecule has 154 valence electrons. The van der Waals surface area contributed by atoms with Crippen molar-refractivity contribution in [3.05, 3.63) is 88.4 Å². The summed E-state index contributed by atoms with van der Waals surface area (Å²) in [6.45, 7) is 0.618. The third-order valence-corrected chi connectivity index (χ3v) is 4.66. The number of ether oxygens (including phenoxy) is 2. The summed E-state index contributed by atoms with van der Waals surface area (Å²) in [5.41, 5.74) is 0.843. The molecule has 0 aromatic heterocycles. The molecule has 0 aliphatic heterocycles. The summed E-state index contributed by atoms with van der Waals surface area (Å²) in [5.74, 6) is 0.767. The molecule has 0 aliphatic rings. The molecule has 3 aromatic carbocycles. The zero-order chi connectivity index (χ0) is 21.3. The van der Waals surface area contributed by atoms with Crippen LogP contribution in [0.3, 0.4) is 0 Å². The van der Waals surface area contributed by atoms with Gasteiger partial charge in [-0.25, -0.2) is 0 Å². The molecule has 0 heterocycles. The summed E-state index contributed by atoms with van der Waals surface area (Å²) in [6.07, 6.45) is 0. The van der Waals surface area contributed by atoms with E-state index in [-0.39, 0.29) is 11.7 Å². The largest absolute Gasteiger partial charge is 0.490 e. The Bertz CT molecular complexity index is 1030. The predicted octanol–water partition coefficient (Wildman–Crippen LogP) is 5.58.